The van der Waals surface area contributed by atoms with E-state index in [1.54, 1.807) is 24.3 Å². The molecule has 2 rings (SSSR count). The second-order valence-corrected chi connectivity index (χ2v) is 4.67. The molecule has 1 amide bonds. The van der Waals surface area contributed by atoms with Gasteiger partial charge in [-0.2, -0.15) is 5.06 Å². The van der Waals surface area contributed by atoms with Crippen molar-refractivity contribution in [1.82, 2.24) is 5.32 Å². The van der Waals surface area contributed by atoms with E-state index in [4.69, 9.17) is 10.6 Å². The minimum absolute atomic E-state index is 0.0508. The van der Waals surface area contributed by atoms with Gasteiger partial charge < -0.3 is 16.3 Å². The summed E-state index contributed by atoms with van der Waals surface area (Å²) in [6, 6.07) is 6.88. The van der Waals surface area contributed by atoms with Gasteiger partial charge in [-0.25, -0.2) is 10.0 Å². The van der Waals surface area contributed by atoms with Gasteiger partial charge in [-0.1, -0.05) is 25.5 Å². The minimum Gasteiger partial charge on any atom is -0.601 e. The molecule has 2 unspecified atom stereocenters. The van der Waals surface area contributed by atoms with Crippen molar-refractivity contribution >= 4 is 23.2 Å². The van der Waals surface area contributed by atoms with Crippen molar-refractivity contribution in [2.45, 2.75) is 32.9 Å². The highest BCUT2D eigenvalue weighted by molar-refractivity contribution is 5.95. The Balaban J connectivity index is 2.24. The zero-order valence-electron chi connectivity index (χ0n) is 12.0. The molecule has 0 bridgehead atoms. The number of rotatable bonds is 5. The van der Waals surface area contributed by atoms with Crippen molar-refractivity contribution in [3.8, 4) is 0 Å². The summed E-state index contributed by atoms with van der Waals surface area (Å²) >= 11 is 0. The largest absolute Gasteiger partial charge is 0.601 e. The van der Waals surface area contributed by atoms with Crippen LogP contribution in [0.3, 0.4) is 0 Å². The molecule has 1 heterocycles. The molecule has 0 spiro atoms. The highest BCUT2D eigenvalue weighted by Crippen LogP contribution is 2.25. The average molecular weight is 293 g/mol. The van der Waals surface area contributed by atoms with Gasteiger partial charge >= 0.3 is 0 Å². The Morgan fingerprint density at radius 3 is 2.95 bits per heavy atom. The van der Waals surface area contributed by atoms with E-state index < -0.39 is 11.4 Å². The molecule has 0 radical (unpaired) electrons. The van der Waals surface area contributed by atoms with Crippen LogP contribution in [0.1, 0.15) is 26.7 Å². The van der Waals surface area contributed by atoms with E-state index in [1.165, 1.54) is 12.0 Å². The van der Waals surface area contributed by atoms with Gasteiger partial charge in [0.25, 0.3) is 5.96 Å². The van der Waals surface area contributed by atoms with Crippen molar-refractivity contribution in [3.63, 3.8) is 0 Å². The molecule has 114 valence electrons. The number of hydroxylamine groups is 1. The van der Waals surface area contributed by atoms with Crippen molar-refractivity contribution in [2.24, 2.45) is 10.8 Å². The maximum absolute atomic E-state index is 11.8. The second-order valence-electron chi connectivity index (χ2n) is 4.67. The molecule has 0 aromatic heterocycles. The maximum atomic E-state index is 11.8. The zero-order chi connectivity index (χ0) is 15.4. The van der Waals surface area contributed by atoms with Crippen molar-refractivity contribution in [3.05, 3.63) is 29.5 Å². The number of quaternary nitrogens is 1. The molecule has 8 nitrogen and oxygen atoms in total. The summed E-state index contributed by atoms with van der Waals surface area (Å²) < 4.78 is 0. The van der Waals surface area contributed by atoms with E-state index >= 15 is 0 Å². The number of benzene rings is 1. The van der Waals surface area contributed by atoms with Gasteiger partial charge in [0.05, 0.1) is 0 Å². The molecule has 0 fully saturated rings. The van der Waals surface area contributed by atoms with Crippen LogP contribution in [-0.4, -0.2) is 18.1 Å². The molecule has 8 heteroatoms. The SMILES string of the molecule is CCCC(NC(C)=O)ON1C(N)=N[NH+]([O-])c2ccccc21. The van der Waals surface area contributed by atoms with Crippen LogP contribution < -0.4 is 21.3 Å². The van der Waals surface area contributed by atoms with Crippen LogP contribution in [0.2, 0.25) is 0 Å². The number of fused-ring (bicyclic) bond motifs is 1. The fourth-order valence-corrected chi connectivity index (χ4v) is 2.04. The zero-order valence-corrected chi connectivity index (χ0v) is 12.0. The van der Waals surface area contributed by atoms with E-state index in [9.17, 15) is 10.0 Å². The first-order valence-electron chi connectivity index (χ1n) is 6.74. The van der Waals surface area contributed by atoms with E-state index in [2.05, 4.69) is 10.4 Å². The lowest BCUT2D eigenvalue weighted by Crippen LogP contribution is -2.98. The van der Waals surface area contributed by atoms with Gasteiger partial charge in [0.1, 0.15) is 5.69 Å². The predicted octanol–water partition coefficient (Wildman–Crippen LogP) is -0.0556. The van der Waals surface area contributed by atoms with Crippen molar-refractivity contribution in [1.29, 1.82) is 0 Å². The van der Waals surface area contributed by atoms with Gasteiger partial charge in [0.15, 0.2) is 11.9 Å². The standard InChI is InChI=1S/C13H19N5O3/c1-3-6-12(15-9(2)19)21-17-10-7-4-5-8-11(10)18(20)16-13(17)14/h4-5,7-8,12,18H,3,6H2,1-2H3,(H2,14,16)(H,15,19). The lowest BCUT2D eigenvalue weighted by Gasteiger charge is -2.33. The number of carbonyl (C=O) groups excluding carboxylic acids is 1. The van der Waals surface area contributed by atoms with Gasteiger partial charge in [-0.3, -0.25) is 4.79 Å². The van der Waals surface area contributed by atoms with E-state index in [-0.39, 0.29) is 11.9 Å². The Bertz CT molecular complexity index is 548. The van der Waals surface area contributed by atoms with Crippen LogP contribution in [0.4, 0.5) is 11.4 Å². The fraction of sp³-hybridized carbons (Fsp3) is 0.385. The van der Waals surface area contributed by atoms with E-state index in [0.717, 1.165) is 6.42 Å². The monoisotopic (exact) mass is 293 g/mol. The summed E-state index contributed by atoms with van der Waals surface area (Å²) in [7, 11) is 0. The number of nitrogens with one attached hydrogen (secondary N) is 2. The van der Waals surface area contributed by atoms with Crippen LogP contribution in [-0.2, 0) is 9.63 Å². The first-order valence-corrected chi connectivity index (χ1v) is 6.74. The molecule has 1 aliphatic rings. The fourth-order valence-electron chi connectivity index (χ4n) is 2.04. The molecule has 1 aromatic carbocycles. The average Bonchev–Trinajstić information content (AvgIpc) is 2.43. The Kier molecular flexibility index (Phi) is 4.73. The summed E-state index contributed by atoms with van der Waals surface area (Å²) in [6.45, 7) is 3.39. The topological polar surface area (TPSA) is 107 Å². The summed E-state index contributed by atoms with van der Waals surface area (Å²) in [5.74, 6) is -0.254. The van der Waals surface area contributed by atoms with Crippen LogP contribution in [0.25, 0.3) is 0 Å². The first kappa shape index (κ1) is 15.2. The number of nitrogens with zero attached hydrogens (tertiary/aromatic N) is 2. The highest BCUT2D eigenvalue weighted by atomic mass is 16.7. The number of nitrogens with two attached hydrogens (primary N) is 1. The summed E-state index contributed by atoms with van der Waals surface area (Å²) in [5, 5.41) is 19.1. The molecular weight excluding hydrogens is 274 g/mol. The normalized spacial score (nSPS) is 18.7. The van der Waals surface area contributed by atoms with E-state index in [1.807, 2.05) is 6.92 Å². The summed E-state index contributed by atoms with van der Waals surface area (Å²) in [4.78, 5) is 16.9. The van der Waals surface area contributed by atoms with Gasteiger partial charge in [0, 0.05) is 13.0 Å². The second kappa shape index (κ2) is 6.53. The number of anilines is 1. The number of amides is 1. The van der Waals surface area contributed by atoms with Crippen molar-refractivity contribution in [2.75, 3.05) is 5.06 Å². The maximum Gasteiger partial charge on any atom is 0.280 e. The molecule has 1 aromatic rings. The van der Waals surface area contributed by atoms with Crippen LogP contribution >= 0.6 is 0 Å². The van der Waals surface area contributed by atoms with Gasteiger partial charge in [-0.05, 0) is 17.6 Å². The molecule has 4 N–H and O–H groups in total. The lowest BCUT2D eigenvalue weighted by molar-refractivity contribution is -0.784. The minimum atomic E-state index is -0.539. The number of hydrogen-bond acceptors (Lipinski definition) is 6. The smallest absolute Gasteiger partial charge is 0.280 e. The van der Waals surface area contributed by atoms with Crippen LogP contribution in [0.15, 0.2) is 29.4 Å². The number of hydrogen-bond donors (Lipinski definition) is 3. The quantitative estimate of drug-likeness (QED) is 0.521. The highest BCUT2D eigenvalue weighted by Gasteiger charge is 2.28. The molecule has 1 aliphatic heterocycles. The predicted molar refractivity (Wildman–Crippen MR) is 78.1 cm³/mol. The first-order chi connectivity index (χ1) is 10.0. The Labute approximate surface area is 122 Å². The Hall–Kier alpha value is -2.16. The molecule has 2 atom stereocenters. The van der Waals surface area contributed by atoms with Crippen molar-refractivity contribution < 1.29 is 14.8 Å². The third-order valence-electron chi connectivity index (χ3n) is 2.93. The van der Waals surface area contributed by atoms with Crippen LogP contribution in [0, 0.1) is 5.21 Å². The summed E-state index contributed by atoms with van der Waals surface area (Å²) in [5.41, 5.74) is 6.70. The molecule has 0 aliphatic carbocycles. The third-order valence-corrected chi connectivity index (χ3v) is 2.93. The summed E-state index contributed by atoms with van der Waals surface area (Å²) in [6.07, 6.45) is 0.887. The van der Waals surface area contributed by atoms with Crippen LogP contribution in [0.5, 0.6) is 0 Å². The molecule has 21 heavy (non-hydrogen) atoms. The van der Waals surface area contributed by atoms with E-state index in [0.29, 0.717) is 17.8 Å². The molecular formula is C13H19N5O3. The third kappa shape index (κ3) is 3.48. The Morgan fingerprint density at radius 2 is 2.29 bits per heavy atom. The number of carbonyl (C=O) groups is 1. The van der Waals surface area contributed by atoms with Gasteiger partial charge in [-0.15, -0.1) is 0 Å². The number of para-hydroxylation sites is 1. The number of guanidine groups is 1. The molecule has 0 saturated heterocycles. The lowest BCUT2D eigenvalue weighted by atomic mass is 10.2. The van der Waals surface area contributed by atoms with Gasteiger partial charge in [0.2, 0.25) is 5.91 Å². The Morgan fingerprint density at radius 1 is 1.57 bits per heavy atom. The molecule has 0 saturated carbocycles.